The van der Waals surface area contributed by atoms with Crippen LogP contribution in [0.3, 0.4) is 0 Å². The van der Waals surface area contributed by atoms with Gasteiger partial charge in [-0.25, -0.2) is 5.43 Å². The molecule has 24 heavy (non-hydrogen) atoms. The van der Waals surface area contributed by atoms with Gasteiger partial charge in [-0.15, -0.1) is 0 Å². The highest BCUT2D eigenvalue weighted by Gasteiger charge is 2.04. The number of aryl methyl sites for hydroxylation is 1. The van der Waals surface area contributed by atoms with E-state index in [1.54, 1.807) is 0 Å². The van der Waals surface area contributed by atoms with E-state index in [2.05, 4.69) is 56.6 Å². The number of hydrazone groups is 1. The van der Waals surface area contributed by atoms with E-state index in [4.69, 9.17) is 0 Å². The standard InChI is InChI=1S/C19H22IN3O/c1-3-17(12-15-7-5-4-6-8-15)22-23-19(24)13-21-18-10-9-16(20)11-14(18)2/h4-11,21H,3,12-13H2,1-2H3,(H,23,24)/b22-17-. The van der Waals surface area contributed by atoms with Crippen LogP contribution in [0.2, 0.25) is 0 Å². The smallest absolute Gasteiger partial charge is 0.259 e. The molecule has 0 aromatic heterocycles. The molecule has 0 aliphatic carbocycles. The molecule has 0 spiro atoms. The lowest BCUT2D eigenvalue weighted by Gasteiger charge is -2.09. The summed E-state index contributed by atoms with van der Waals surface area (Å²) in [5.74, 6) is -0.146. The first kappa shape index (κ1) is 18.4. The number of carbonyl (C=O) groups is 1. The summed E-state index contributed by atoms with van der Waals surface area (Å²) < 4.78 is 1.18. The fourth-order valence-electron chi connectivity index (χ4n) is 2.26. The van der Waals surface area contributed by atoms with Crippen molar-refractivity contribution in [1.29, 1.82) is 0 Å². The van der Waals surface area contributed by atoms with Crippen LogP contribution >= 0.6 is 22.6 Å². The van der Waals surface area contributed by atoms with Crippen molar-refractivity contribution in [2.24, 2.45) is 5.10 Å². The van der Waals surface area contributed by atoms with Gasteiger partial charge >= 0.3 is 0 Å². The fraction of sp³-hybridized carbons (Fsp3) is 0.263. The summed E-state index contributed by atoms with van der Waals surface area (Å²) in [4.78, 5) is 12.0. The van der Waals surface area contributed by atoms with Gasteiger partial charge in [-0.3, -0.25) is 4.79 Å². The molecule has 2 aromatic carbocycles. The quantitative estimate of drug-likeness (QED) is 0.390. The Morgan fingerprint density at radius 1 is 1.17 bits per heavy atom. The number of hydrogen-bond acceptors (Lipinski definition) is 3. The molecule has 0 unspecified atom stereocenters. The maximum absolute atomic E-state index is 12.0. The van der Waals surface area contributed by atoms with Crippen molar-refractivity contribution in [2.75, 3.05) is 11.9 Å². The topological polar surface area (TPSA) is 53.5 Å². The molecule has 0 fully saturated rings. The lowest BCUT2D eigenvalue weighted by Crippen LogP contribution is -2.27. The van der Waals surface area contributed by atoms with E-state index in [-0.39, 0.29) is 12.5 Å². The highest BCUT2D eigenvalue weighted by Crippen LogP contribution is 2.17. The molecule has 2 rings (SSSR count). The predicted molar refractivity (Wildman–Crippen MR) is 108 cm³/mol. The van der Waals surface area contributed by atoms with Gasteiger partial charge in [-0.1, -0.05) is 37.3 Å². The van der Waals surface area contributed by atoms with Gasteiger partial charge in [0.15, 0.2) is 0 Å². The van der Waals surface area contributed by atoms with E-state index in [0.29, 0.717) is 0 Å². The third-order valence-corrected chi connectivity index (χ3v) is 4.30. The number of carbonyl (C=O) groups excluding carboxylic acids is 1. The highest BCUT2D eigenvalue weighted by atomic mass is 127. The largest absolute Gasteiger partial charge is 0.376 e. The van der Waals surface area contributed by atoms with Crippen LogP contribution in [0.1, 0.15) is 24.5 Å². The van der Waals surface area contributed by atoms with E-state index in [1.807, 2.05) is 44.2 Å². The Morgan fingerprint density at radius 3 is 2.58 bits per heavy atom. The first-order chi connectivity index (χ1) is 11.6. The zero-order valence-corrected chi connectivity index (χ0v) is 16.1. The van der Waals surface area contributed by atoms with E-state index < -0.39 is 0 Å². The number of benzene rings is 2. The second-order valence-electron chi connectivity index (χ2n) is 5.54. The molecule has 0 saturated heterocycles. The molecule has 0 bridgehead atoms. The normalized spacial score (nSPS) is 11.2. The van der Waals surface area contributed by atoms with Gasteiger partial charge in [0.2, 0.25) is 0 Å². The minimum Gasteiger partial charge on any atom is -0.376 e. The van der Waals surface area contributed by atoms with Crippen LogP contribution in [-0.4, -0.2) is 18.2 Å². The molecular formula is C19H22IN3O. The molecular weight excluding hydrogens is 413 g/mol. The third-order valence-electron chi connectivity index (χ3n) is 3.63. The molecule has 0 aliphatic heterocycles. The second-order valence-corrected chi connectivity index (χ2v) is 6.79. The van der Waals surface area contributed by atoms with Crippen molar-refractivity contribution in [3.05, 3.63) is 63.2 Å². The minimum atomic E-state index is -0.146. The summed E-state index contributed by atoms with van der Waals surface area (Å²) >= 11 is 2.27. The van der Waals surface area contributed by atoms with E-state index in [0.717, 1.165) is 29.8 Å². The molecule has 0 heterocycles. The van der Waals surface area contributed by atoms with Crippen molar-refractivity contribution < 1.29 is 4.79 Å². The zero-order valence-electron chi connectivity index (χ0n) is 14.0. The van der Waals surface area contributed by atoms with Crippen molar-refractivity contribution in [2.45, 2.75) is 26.7 Å². The van der Waals surface area contributed by atoms with Crippen LogP contribution in [0.5, 0.6) is 0 Å². The van der Waals surface area contributed by atoms with Crippen LogP contribution in [0.25, 0.3) is 0 Å². The Morgan fingerprint density at radius 2 is 1.92 bits per heavy atom. The van der Waals surface area contributed by atoms with Gasteiger partial charge in [0, 0.05) is 21.4 Å². The number of halogens is 1. The van der Waals surface area contributed by atoms with Crippen LogP contribution < -0.4 is 10.7 Å². The molecule has 0 saturated carbocycles. The lowest BCUT2D eigenvalue weighted by atomic mass is 10.1. The van der Waals surface area contributed by atoms with Gasteiger partial charge in [0.25, 0.3) is 5.91 Å². The van der Waals surface area contributed by atoms with Crippen molar-refractivity contribution in [3.63, 3.8) is 0 Å². The van der Waals surface area contributed by atoms with Crippen LogP contribution in [0.15, 0.2) is 53.6 Å². The number of hydrogen-bond donors (Lipinski definition) is 2. The zero-order chi connectivity index (χ0) is 17.4. The van der Waals surface area contributed by atoms with E-state index in [1.165, 1.54) is 9.13 Å². The van der Waals surface area contributed by atoms with Gasteiger partial charge in [0.1, 0.15) is 0 Å². The van der Waals surface area contributed by atoms with Crippen molar-refractivity contribution in [3.8, 4) is 0 Å². The Bertz CT molecular complexity index is 714. The average Bonchev–Trinajstić information content (AvgIpc) is 2.58. The van der Waals surface area contributed by atoms with Crippen LogP contribution in [0.4, 0.5) is 5.69 Å². The predicted octanol–water partition coefficient (Wildman–Crippen LogP) is 4.14. The van der Waals surface area contributed by atoms with Gasteiger partial charge in [-0.2, -0.15) is 5.10 Å². The summed E-state index contributed by atoms with van der Waals surface area (Å²) in [5, 5.41) is 7.41. The highest BCUT2D eigenvalue weighted by molar-refractivity contribution is 14.1. The monoisotopic (exact) mass is 435 g/mol. The van der Waals surface area contributed by atoms with Crippen LogP contribution in [-0.2, 0) is 11.2 Å². The molecule has 1 amide bonds. The Hall–Kier alpha value is -1.89. The summed E-state index contributed by atoms with van der Waals surface area (Å²) in [6.07, 6.45) is 1.56. The summed E-state index contributed by atoms with van der Waals surface area (Å²) in [5.41, 5.74) is 6.88. The first-order valence-electron chi connectivity index (χ1n) is 7.96. The Balaban J connectivity index is 1.86. The maximum atomic E-state index is 12.0. The molecule has 126 valence electrons. The van der Waals surface area contributed by atoms with Gasteiger partial charge in [0.05, 0.1) is 6.54 Å². The molecule has 0 atom stereocenters. The lowest BCUT2D eigenvalue weighted by molar-refractivity contribution is -0.119. The molecule has 4 nitrogen and oxygen atoms in total. The number of amides is 1. The molecule has 2 aromatic rings. The number of rotatable bonds is 7. The van der Waals surface area contributed by atoms with Crippen molar-refractivity contribution >= 4 is 39.9 Å². The van der Waals surface area contributed by atoms with Crippen molar-refractivity contribution in [1.82, 2.24) is 5.43 Å². The second kappa shape index (κ2) is 9.42. The molecule has 0 aliphatic rings. The van der Waals surface area contributed by atoms with Gasteiger partial charge < -0.3 is 5.32 Å². The van der Waals surface area contributed by atoms with E-state index >= 15 is 0 Å². The number of anilines is 1. The number of nitrogens with zero attached hydrogens (tertiary/aromatic N) is 1. The summed E-state index contributed by atoms with van der Waals surface area (Å²) in [6, 6.07) is 16.2. The molecule has 5 heteroatoms. The molecule has 0 radical (unpaired) electrons. The SMILES string of the molecule is CC/C(Cc1ccccc1)=N/NC(=O)CNc1ccc(I)cc1C. The first-order valence-corrected chi connectivity index (χ1v) is 9.04. The van der Waals surface area contributed by atoms with Gasteiger partial charge in [-0.05, 0) is 65.3 Å². The fourth-order valence-corrected chi connectivity index (χ4v) is 2.90. The minimum absolute atomic E-state index is 0.146. The average molecular weight is 435 g/mol. The summed E-state index contributed by atoms with van der Waals surface area (Å²) in [6.45, 7) is 4.27. The number of nitrogens with one attached hydrogen (secondary N) is 2. The summed E-state index contributed by atoms with van der Waals surface area (Å²) in [7, 11) is 0. The molecule has 2 N–H and O–H groups in total. The van der Waals surface area contributed by atoms with Crippen LogP contribution in [0, 0.1) is 10.5 Å². The van der Waals surface area contributed by atoms with E-state index in [9.17, 15) is 4.79 Å². The third kappa shape index (κ3) is 5.96. The Kier molecular flexibility index (Phi) is 7.24. The Labute approximate surface area is 156 Å². The maximum Gasteiger partial charge on any atom is 0.259 e.